The molecule has 106 valence electrons. The summed E-state index contributed by atoms with van der Waals surface area (Å²) in [5.41, 5.74) is 2.94. The summed E-state index contributed by atoms with van der Waals surface area (Å²) in [6.45, 7) is 2.23. The van der Waals surface area contributed by atoms with Gasteiger partial charge in [0.2, 0.25) is 0 Å². The number of benzene rings is 1. The van der Waals surface area contributed by atoms with E-state index in [1.54, 1.807) is 0 Å². The lowest BCUT2D eigenvalue weighted by Gasteiger charge is -2.37. The summed E-state index contributed by atoms with van der Waals surface area (Å²) in [4.78, 5) is 4.10. The molecule has 0 aliphatic carbocycles. The Hall–Kier alpha value is -1.32. The van der Waals surface area contributed by atoms with Gasteiger partial charge < -0.3 is 10.2 Å². The summed E-state index contributed by atoms with van der Waals surface area (Å²) in [6.07, 6.45) is 3.64. The summed E-state index contributed by atoms with van der Waals surface area (Å²) >= 11 is 1.88. The number of hydrogen-bond donors (Lipinski definition) is 1. The van der Waals surface area contributed by atoms with E-state index >= 15 is 0 Å². The highest BCUT2D eigenvalue weighted by atomic mass is 32.1. The molecular formula is C17H22N2S. The Morgan fingerprint density at radius 3 is 2.95 bits per heavy atom. The van der Waals surface area contributed by atoms with Crippen LogP contribution in [0.4, 0.5) is 5.69 Å². The number of aryl methyl sites for hydroxylation is 1. The third kappa shape index (κ3) is 2.74. The lowest BCUT2D eigenvalue weighted by atomic mass is 9.98. The van der Waals surface area contributed by atoms with Crippen molar-refractivity contribution in [3.63, 3.8) is 0 Å². The van der Waals surface area contributed by atoms with E-state index in [-0.39, 0.29) is 0 Å². The summed E-state index contributed by atoms with van der Waals surface area (Å²) in [5, 5.41) is 5.49. The first kappa shape index (κ1) is 13.7. The van der Waals surface area contributed by atoms with Crippen LogP contribution in [0.3, 0.4) is 0 Å². The smallest absolute Gasteiger partial charge is 0.0647 e. The SMILES string of the molecule is CNCCC(c1cccs1)N1CCCc2ccccc21. The number of hydrogen-bond acceptors (Lipinski definition) is 3. The molecule has 20 heavy (non-hydrogen) atoms. The second kappa shape index (κ2) is 6.42. The van der Waals surface area contributed by atoms with E-state index in [9.17, 15) is 0 Å². The van der Waals surface area contributed by atoms with Crippen LogP contribution in [0, 0.1) is 0 Å². The minimum Gasteiger partial charge on any atom is -0.363 e. The van der Waals surface area contributed by atoms with Gasteiger partial charge in [-0.2, -0.15) is 0 Å². The molecule has 0 radical (unpaired) electrons. The normalized spacial score (nSPS) is 15.9. The van der Waals surface area contributed by atoms with Crippen LogP contribution < -0.4 is 10.2 Å². The van der Waals surface area contributed by atoms with E-state index in [2.05, 4.69) is 52.0 Å². The fraction of sp³-hybridized carbons (Fsp3) is 0.412. The van der Waals surface area contributed by atoms with Crippen LogP contribution in [0.25, 0.3) is 0 Å². The van der Waals surface area contributed by atoms with Gasteiger partial charge in [0.25, 0.3) is 0 Å². The minimum atomic E-state index is 0.504. The number of para-hydroxylation sites is 1. The highest BCUT2D eigenvalue weighted by Gasteiger charge is 2.25. The van der Waals surface area contributed by atoms with Crippen molar-refractivity contribution in [2.24, 2.45) is 0 Å². The van der Waals surface area contributed by atoms with Crippen LogP contribution in [0.2, 0.25) is 0 Å². The van der Waals surface area contributed by atoms with Crippen molar-refractivity contribution in [2.45, 2.75) is 25.3 Å². The van der Waals surface area contributed by atoms with Crippen LogP contribution in [-0.4, -0.2) is 20.1 Å². The summed E-state index contributed by atoms with van der Waals surface area (Å²) < 4.78 is 0. The molecule has 1 aliphatic rings. The zero-order valence-corrected chi connectivity index (χ0v) is 12.8. The van der Waals surface area contributed by atoms with Crippen molar-refractivity contribution < 1.29 is 0 Å². The molecule has 1 aromatic carbocycles. The van der Waals surface area contributed by atoms with Crippen molar-refractivity contribution in [2.75, 3.05) is 25.0 Å². The largest absolute Gasteiger partial charge is 0.363 e. The first-order valence-electron chi connectivity index (χ1n) is 7.42. The number of nitrogens with one attached hydrogen (secondary N) is 1. The Labute approximate surface area is 125 Å². The number of fused-ring (bicyclic) bond motifs is 1. The molecule has 2 aromatic rings. The summed E-state index contributed by atoms with van der Waals surface area (Å²) in [5.74, 6) is 0. The van der Waals surface area contributed by atoms with Crippen LogP contribution in [-0.2, 0) is 6.42 Å². The molecule has 0 saturated heterocycles. The van der Waals surface area contributed by atoms with Gasteiger partial charge in [-0.1, -0.05) is 24.3 Å². The van der Waals surface area contributed by atoms with Gasteiger partial charge in [-0.05, 0) is 55.9 Å². The average Bonchev–Trinajstić information content (AvgIpc) is 3.02. The highest BCUT2D eigenvalue weighted by Crippen LogP contribution is 2.37. The van der Waals surface area contributed by atoms with Crippen LogP contribution in [0.15, 0.2) is 41.8 Å². The van der Waals surface area contributed by atoms with E-state index < -0.39 is 0 Å². The van der Waals surface area contributed by atoms with Crippen LogP contribution in [0.5, 0.6) is 0 Å². The van der Waals surface area contributed by atoms with Gasteiger partial charge in [0, 0.05) is 17.1 Å². The molecule has 1 unspecified atom stereocenters. The summed E-state index contributed by atoms with van der Waals surface area (Å²) in [6, 6.07) is 13.9. The minimum absolute atomic E-state index is 0.504. The predicted molar refractivity (Wildman–Crippen MR) is 87.7 cm³/mol. The molecule has 0 spiro atoms. The second-order valence-electron chi connectivity index (χ2n) is 5.35. The molecular weight excluding hydrogens is 264 g/mol. The van der Waals surface area contributed by atoms with Crippen molar-refractivity contribution >= 4 is 17.0 Å². The predicted octanol–water partition coefficient (Wildman–Crippen LogP) is 3.85. The van der Waals surface area contributed by atoms with Gasteiger partial charge in [-0.15, -0.1) is 11.3 Å². The van der Waals surface area contributed by atoms with Gasteiger partial charge in [0.1, 0.15) is 0 Å². The topological polar surface area (TPSA) is 15.3 Å². The van der Waals surface area contributed by atoms with Crippen molar-refractivity contribution in [3.05, 3.63) is 52.2 Å². The van der Waals surface area contributed by atoms with Gasteiger partial charge in [0.05, 0.1) is 6.04 Å². The fourth-order valence-corrected chi connectivity index (χ4v) is 3.97. The maximum absolute atomic E-state index is 3.30. The lowest BCUT2D eigenvalue weighted by Crippen LogP contribution is -2.34. The Bertz CT molecular complexity index is 536. The Balaban J connectivity index is 1.92. The highest BCUT2D eigenvalue weighted by molar-refractivity contribution is 7.10. The zero-order chi connectivity index (χ0) is 13.8. The van der Waals surface area contributed by atoms with E-state index in [4.69, 9.17) is 0 Å². The molecule has 2 nitrogen and oxygen atoms in total. The molecule has 0 amide bonds. The molecule has 1 atom stereocenters. The zero-order valence-electron chi connectivity index (χ0n) is 12.0. The molecule has 1 N–H and O–H groups in total. The van der Waals surface area contributed by atoms with Gasteiger partial charge in [-0.25, -0.2) is 0 Å². The maximum Gasteiger partial charge on any atom is 0.0647 e. The standard InChI is InChI=1S/C17H22N2S/c1-18-11-10-16(17-9-5-13-20-17)19-12-4-7-14-6-2-3-8-15(14)19/h2-3,5-6,8-9,13,16,18H,4,7,10-12H2,1H3. The first-order valence-corrected chi connectivity index (χ1v) is 8.30. The number of anilines is 1. The van der Waals surface area contributed by atoms with E-state index in [0.29, 0.717) is 6.04 Å². The Morgan fingerprint density at radius 2 is 2.15 bits per heavy atom. The van der Waals surface area contributed by atoms with Crippen LogP contribution in [0.1, 0.15) is 29.3 Å². The van der Waals surface area contributed by atoms with Crippen molar-refractivity contribution in [3.8, 4) is 0 Å². The molecule has 0 bridgehead atoms. The molecule has 0 saturated carbocycles. The Kier molecular flexibility index (Phi) is 4.38. The van der Waals surface area contributed by atoms with Crippen molar-refractivity contribution in [1.82, 2.24) is 5.32 Å². The van der Waals surface area contributed by atoms with Crippen molar-refractivity contribution in [1.29, 1.82) is 0 Å². The number of thiophene rings is 1. The third-order valence-electron chi connectivity index (χ3n) is 4.06. The Morgan fingerprint density at radius 1 is 1.25 bits per heavy atom. The van der Waals surface area contributed by atoms with E-state index in [1.165, 1.54) is 35.5 Å². The molecule has 1 aliphatic heterocycles. The van der Waals surface area contributed by atoms with Gasteiger partial charge in [0.15, 0.2) is 0 Å². The molecule has 0 fully saturated rings. The average molecular weight is 286 g/mol. The molecule has 1 aromatic heterocycles. The molecule has 2 heterocycles. The first-order chi connectivity index (χ1) is 9.90. The maximum atomic E-state index is 3.30. The van der Waals surface area contributed by atoms with Crippen LogP contribution >= 0.6 is 11.3 Å². The number of rotatable bonds is 5. The van der Waals surface area contributed by atoms with E-state index in [1.807, 2.05) is 18.4 Å². The van der Waals surface area contributed by atoms with Gasteiger partial charge >= 0.3 is 0 Å². The summed E-state index contributed by atoms with van der Waals surface area (Å²) in [7, 11) is 2.04. The second-order valence-corrected chi connectivity index (χ2v) is 6.33. The third-order valence-corrected chi connectivity index (χ3v) is 5.04. The fourth-order valence-electron chi connectivity index (χ4n) is 3.10. The van der Waals surface area contributed by atoms with Gasteiger partial charge in [-0.3, -0.25) is 0 Å². The lowest BCUT2D eigenvalue weighted by molar-refractivity contribution is 0.541. The molecule has 3 heteroatoms. The monoisotopic (exact) mass is 286 g/mol. The molecule has 3 rings (SSSR count). The quantitative estimate of drug-likeness (QED) is 0.898. The number of nitrogens with zero attached hydrogens (tertiary/aromatic N) is 1. The van der Waals surface area contributed by atoms with E-state index in [0.717, 1.165) is 13.0 Å².